The zero-order valence-corrected chi connectivity index (χ0v) is 7.28. The van der Waals surface area contributed by atoms with E-state index in [9.17, 15) is 8.42 Å². The molecule has 0 rings (SSSR count). The molecule has 0 fully saturated rings. The fourth-order valence-electron chi connectivity index (χ4n) is 0.395. The summed E-state index contributed by atoms with van der Waals surface area (Å²) < 4.78 is 29.9. The van der Waals surface area contributed by atoms with E-state index >= 15 is 0 Å². The Labute approximate surface area is 64.5 Å². The van der Waals surface area contributed by atoms with E-state index in [4.69, 9.17) is 10.7 Å². The fraction of sp³-hybridized carbons (Fsp3) is 1.00. The Morgan fingerprint density at radius 2 is 1.80 bits per heavy atom. The van der Waals surface area contributed by atoms with Gasteiger partial charge in [0.05, 0.1) is 0 Å². The van der Waals surface area contributed by atoms with Crippen molar-refractivity contribution in [1.82, 2.24) is 0 Å². The molecule has 62 valence electrons. The van der Waals surface area contributed by atoms with Crippen molar-refractivity contribution >= 4 is 19.7 Å². The van der Waals surface area contributed by atoms with Crippen LogP contribution in [-0.2, 0) is 18.5 Å². The van der Waals surface area contributed by atoms with E-state index < -0.39 is 15.3 Å². The lowest BCUT2D eigenvalue weighted by molar-refractivity contribution is -0.0849. The average Bonchev–Trinajstić information content (AvgIpc) is 1.81. The predicted octanol–water partition coefficient (Wildman–Crippen LogP) is 0.174. The van der Waals surface area contributed by atoms with Crippen molar-refractivity contribution in [1.29, 1.82) is 0 Å². The summed E-state index contributed by atoms with van der Waals surface area (Å²) in [5.41, 5.74) is 0. The SMILES string of the molecule is COC(CS(=O)(=O)Cl)OC. The Balaban J connectivity index is 3.87. The van der Waals surface area contributed by atoms with Gasteiger partial charge in [-0.05, 0) is 0 Å². The van der Waals surface area contributed by atoms with Gasteiger partial charge in [0.2, 0.25) is 9.05 Å². The molecule has 0 bridgehead atoms. The van der Waals surface area contributed by atoms with Crippen molar-refractivity contribution in [3.63, 3.8) is 0 Å². The van der Waals surface area contributed by atoms with Crippen LogP contribution in [0.25, 0.3) is 0 Å². The van der Waals surface area contributed by atoms with Crippen molar-refractivity contribution in [2.45, 2.75) is 6.29 Å². The van der Waals surface area contributed by atoms with Crippen LogP contribution in [0.2, 0.25) is 0 Å². The highest BCUT2D eigenvalue weighted by Crippen LogP contribution is 2.02. The maximum Gasteiger partial charge on any atom is 0.237 e. The molecule has 0 aromatic heterocycles. The largest absolute Gasteiger partial charge is 0.355 e. The highest BCUT2D eigenvalue weighted by atomic mass is 35.7. The van der Waals surface area contributed by atoms with Crippen LogP contribution >= 0.6 is 10.7 Å². The molecule has 0 amide bonds. The summed E-state index contributed by atoms with van der Waals surface area (Å²) in [5.74, 6) is -0.332. The molecular weight excluding hydrogens is 180 g/mol. The monoisotopic (exact) mass is 188 g/mol. The standard InChI is InChI=1S/C4H9ClO4S/c1-8-4(9-2)3-10(5,6)7/h4H,3H2,1-2H3. The van der Waals surface area contributed by atoms with Crippen molar-refractivity contribution in [3.05, 3.63) is 0 Å². The van der Waals surface area contributed by atoms with Crippen molar-refractivity contribution in [2.75, 3.05) is 20.0 Å². The van der Waals surface area contributed by atoms with Gasteiger partial charge in [0.1, 0.15) is 5.75 Å². The number of ether oxygens (including phenoxy) is 2. The topological polar surface area (TPSA) is 52.6 Å². The molecule has 10 heavy (non-hydrogen) atoms. The van der Waals surface area contributed by atoms with Gasteiger partial charge in [-0.3, -0.25) is 0 Å². The van der Waals surface area contributed by atoms with Crippen LogP contribution in [0.4, 0.5) is 0 Å². The van der Waals surface area contributed by atoms with E-state index in [0.29, 0.717) is 0 Å². The first-order valence-corrected chi connectivity index (χ1v) is 4.95. The molecule has 6 heteroatoms. The summed E-state index contributed by atoms with van der Waals surface area (Å²) in [6, 6.07) is 0. The minimum Gasteiger partial charge on any atom is -0.355 e. The number of hydrogen-bond donors (Lipinski definition) is 0. The van der Waals surface area contributed by atoms with Crippen LogP contribution in [0.5, 0.6) is 0 Å². The summed E-state index contributed by atoms with van der Waals surface area (Å²) in [4.78, 5) is 0. The molecule has 0 aliphatic carbocycles. The van der Waals surface area contributed by atoms with E-state index in [2.05, 4.69) is 9.47 Å². The highest BCUT2D eigenvalue weighted by Gasteiger charge is 2.14. The first kappa shape index (κ1) is 10.2. The molecule has 0 saturated carbocycles. The van der Waals surface area contributed by atoms with Gasteiger partial charge in [0.25, 0.3) is 0 Å². The van der Waals surface area contributed by atoms with Gasteiger partial charge in [0, 0.05) is 24.9 Å². The molecular formula is C4H9ClO4S. The van der Waals surface area contributed by atoms with Crippen LogP contribution in [0.15, 0.2) is 0 Å². The van der Waals surface area contributed by atoms with Crippen molar-refractivity contribution < 1.29 is 17.9 Å². The van der Waals surface area contributed by atoms with E-state index in [1.165, 1.54) is 14.2 Å². The summed E-state index contributed by atoms with van der Waals surface area (Å²) in [5, 5.41) is 0. The van der Waals surface area contributed by atoms with Crippen molar-refractivity contribution in [2.24, 2.45) is 0 Å². The first-order chi connectivity index (χ1) is 4.49. The Morgan fingerprint density at radius 1 is 1.40 bits per heavy atom. The third-order valence-corrected chi connectivity index (χ3v) is 1.91. The summed E-state index contributed by atoms with van der Waals surface area (Å²) >= 11 is 0. The summed E-state index contributed by atoms with van der Waals surface area (Å²) in [7, 11) is 4.06. The zero-order valence-electron chi connectivity index (χ0n) is 5.70. The highest BCUT2D eigenvalue weighted by molar-refractivity contribution is 8.13. The van der Waals surface area contributed by atoms with E-state index in [0.717, 1.165) is 0 Å². The molecule has 0 atom stereocenters. The van der Waals surface area contributed by atoms with Gasteiger partial charge in [-0.1, -0.05) is 0 Å². The smallest absolute Gasteiger partial charge is 0.237 e. The van der Waals surface area contributed by atoms with Gasteiger partial charge < -0.3 is 9.47 Å². The Morgan fingerprint density at radius 3 is 1.90 bits per heavy atom. The van der Waals surface area contributed by atoms with Gasteiger partial charge in [0.15, 0.2) is 6.29 Å². The molecule has 0 unspecified atom stereocenters. The van der Waals surface area contributed by atoms with Crippen LogP contribution in [0, 0.1) is 0 Å². The second-order valence-corrected chi connectivity index (χ2v) is 4.43. The third-order valence-electron chi connectivity index (χ3n) is 0.861. The molecule has 4 nitrogen and oxygen atoms in total. The average molecular weight is 189 g/mol. The number of hydrogen-bond acceptors (Lipinski definition) is 4. The maximum absolute atomic E-state index is 10.4. The number of rotatable bonds is 4. The number of methoxy groups -OCH3 is 2. The molecule has 0 aliphatic rings. The minimum absolute atomic E-state index is 0.332. The molecule has 0 aromatic rings. The molecule has 0 N–H and O–H groups in total. The predicted molar refractivity (Wildman–Crippen MR) is 37.4 cm³/mol. The minimum atomic E-state index is -3.53. The Kier molecular flexibility index (Phi) is 4.19. The second-order valence-electron chi connectivity index (χ2n) is 1.61. The lowest BCUT2D eigenvalue weighted by atomic mass is 10.7. The quantitative estimate of drug-likeness (QED) is 0.467. The normalized spacial score (nSPS) is 12.4. The number of halogens is 1. The molecule has 0 saturated heterocycles. The third kappa shape index (κ3) is 4.99. The molecule has 0 radical (unpaired) electrons. The van der Waals surface area contributed by atoms with E-state index in [-0.39, 0.29) is 5.75 Å². The summed E-state index contributed by atoms with van der Waals surface area (Å²) in [6.07, 6.45) is -0.775. The van der Waals surface area contributed by atoms with Gasteiger partial charge in [-0.25, -0.2) is 8.42 Å². The molecule has 0 heterocycles. The maximum atomic E-state index is 10.4. The molecule has 0 aliphatic heterocycles. The lowest BCUT2D eigenvalue weighted by Gasteiger charge is -2.09. The van der Waals surface area contributed by atoms with Crippen LogP contribution in [0.1, 0.15) is 0 Å². The van der Waals surface area contributed by atoms with Crippen LogP contribution in [0.3, 0.4) is 0 Å². The second kappa shape index (κ2) is 4.12. The molecule has 0 spiro atoms. The lowest BCUT2D eigenvalue weighted by Crippen LogP contribution is -2.21. The van der Waals surface area contributed by atoms with Crippen molar-refractivity contribution in [3.8, 4) is 0 Å². The zero-order chi connectivity index (χ0) is 8.20. The van der Waals surface area contributed by atoms with Crippen LogP contribution in [-0.4, -0.2) is 34.7 Å². The van der Waals surface area contributed by atoms with Gasteiger partial charge in [-0.2, -0.15) is 0 Å². The molecule has 0 aromatic carbocycles. The van der Waals surface area contributed by atoms with Gasteiger partial charge in [-0.15, -0.1) is 0 Å². The van der Waals surface area contributed by atoms with E-state index in [1.807, 2.05) is 0 Å². The van der Waals surface area contributed by atoms with E-state index in [1.54, 1.807) is 0 Å². The van der Waals surface area contributed by atoms with Crippen LogP contribution < -0.4 is 0 Å². The summed E-state index contributed by atoms with van der Waals surface area (Å²) in [6.45, 7) is 0. The van der Waals surface area contributed by atoms with Gasteiger partial charge >= 0.3 is 0 Å². The first-order valence-electron chi connectivity index (χ1n) is 2.47. The fourth-order valence-corrected chi connectivity index (χ4v) is 1.30. The Bertz CT molecular complexity index is 172. The Hall–Kier alpha value is 0.160.